The molecule has 29 heavy (non-hydrogen) atoms. The van der Waals surface area contributed by atoms with Crippen LogP contribution in [-0.4, -0.2) is 25.2 Å². The lowest BCUT2D eigenvalue weighted by molar-refractivity contribution is 0.252. The van der Waals surface area contributed by atoms with Crippen LogP contribution in [0.15, 0.2) is 46.2 Å². The highest BCUT2D eigenvalue weighted by Crippen LogP contribution is 2.37. The highest BCUT2D eigenvalue weighted by atomic mass is 32.2. The summed E-state index contributed by atoms with van der Waals surface area (Å²) in [5.74, 6) is 0.373. The van der Waals surface area contributed by atoms with E-state index in [1.54, 1.807) is 41.2 Å². The number of anilines is 2. The standard InChI is InChI=1S/C20H22N6O2S/c1-29(22,28)15-7-5-14(6-8-15)24-18-17-16(9-12-23-19(17)27)26(25-18)20(13-21)10-3-2-4-11-20/h5-9,12,22H,2-4,10-11H2,1H3,(H,23,27)(H,24,25). The number of hydrogen-bond acceptors (Lipinski definition) is 6. The van der Waals surface area contributed by atoms with Crippen molar-refractivity contribution in [2.75, 3.05) is 11.6 Å². The van der Waals surface area contributed by atoms with E-state index in [1.807, 2.05) is 0 Å². The van der Waals surface area contributed by atoms with E-state index in [0.29, 0.717) is 40.1 Å². The van der Waals surface area contributed by atoms with Crippen molar-refractivity contribution in [2.45, 2.75) is 42.5 Å². The van der Waals surface area contributed by atoms with Gasteiger partial charge in [-0.15, -0.1) is 0 Å². The van der Waals surface area contributed by atoms with Crippen molar-refractivity contribution < 1.29 is 4.21 Å². The Balaban J connectivity index is 1.81. The first-order valence-corrected chi connectivity index (χ1v) is 11.4. The van der Waals surface area contributed by atoms with Gasteiger partial charge in [0.15, 0.2) is 5.82 Å². The normalized spacial score (nSPS) is 18.1. The fourth-order valence-corrected chi connectivity index (χ4v) is 4.59. The highest BCUT2D eigenvalue weighted by molar-refractivity contribution is 7.91. The van der Waals surface area contributed by atoms with Crippen molar-refractivity contribution in [1.82, 2.24) is 14.8 Å². The largest absolute Gasteiger partial charge is 0.338 e. The minimum atomic E-state index is -2.79. The van der Waals surface area contributed by atoms with Gasteiger partial charge < -0.3 is 10.3 Å². The minimum Gasteiger partial charge on any atom is -0.338 e. The van der Waals surface area contributed by atoms with E-state index < -0.39 is 15.3 Å². The summed E-state index contributed by atoms with van der Waals surface area (Å²) in [6.45, 7) is 0. The first-order chi connectivity index (χ1) is 13.8. The van der Waals surface area contributed by atoms with Crippen LogP contribution in [-0.2, 0) is 15.3 Å². The number of hydrogen-bond donors (Lipinski definition) is 3. The second-order valence-electron chi connectivity index (χ2n) is 7.52. The molecule has 2 aromatic heterocycles. The van der Waals surface area contributed by atoms with Crippen LogP contribution in [0.1, 0.15) is 32.1 Å². The maximum atomic E-state index is 12.6. The molecule has 0 spiro atoms. The van der Waals surface area contributed by atoms with Crippen molar-refractivity contribution in [3.63, 3.8) is 0 Å². The number of aromatic nitrogens is 3. The summed E-state index contributed by atoms with van der Waals surface area (Å²) in [5, 5.41) is 18.2. The average Bonchev–Trinajstić information content (AvgIpc) is 3.08. The maximum absolute atomic E-state index is 12.6. The number of H-pyrrole nitrogens is 1. The van der Waals surface area contributed by atoms with Gasteiger partial charge in [0.2, 0.25) is 0 Å². The molecule has 1 aliphatic carbocycles. The number of nitriles is 1. The zero-order valence-corrected chi connectivity index (χ0v) is 16.9. The second kappa shape index (κ2) is 7.04. The molecule has 8 nitrogen and oxygen atoms in total. The van der Waals surface area contributed by atoms with E-state index in [0.717, 1.165) is 19.3 Å². The molecule has 0 saturated heterocycles. The first-order valence-electron chi connectivity index (χ1n) is 9.47. The third-order valence-corrected chi connectivity index (χ3v) is 6.64. The molecule has 0 amide bonds. The van der Waals surface area contributed by atoms with Crippen LogP contribution in [0.5, 0.6) is 0 Å². The predicted molar refractivity (Wildman–Crippen MR) is 112 cm³/mol. The summed E-state index contributed by atoms with van der Waals surface area (Å²) >= 11 is 0. The molecule has 0 bridgehead atoms. The van der Waals surface area contributed by atoms with E-state index >= 15 is 0 Å². The molecule has 1 unspecified atom stereocenters. The van der Waals surface area contributed by atoms with Gasteiger partial charge >= 0.3 is 0 Å². The Hall–Kier alpha value is -3.12. The molecule has 9 heteroatoms. The van der Waals surface area contributed by atoms with Gasteiger partial charge in [-0.25, -0.2) is 13.7 Å². The van der Waals surface area contributed by atoms with Crippen LogP contribution in [0.4, 0.5) is 11.5 Å². The van der Waals surface area contributed by atoms with E-state index in [4.69, 9.17) is 4.78 Å². The van der Waals surface area contributed by atoms with Gasteiger partial charge in [0.25, 0.3) is 5.56 Å². The van der Waals surface area contributed by atoms with Crippen LogP contribution in [0.25, 0.3) is 10.9 Å². The quantitative estimate of drug-likeness (QED) is 0.604. The van der Waals surface area contributed by atoms with Crippen molar-refractivity contribution in [3.05, 3.63) is 46.9 Å². The van der Waals surface area contributed by atoms with Crippen LogP contribution in [0.2, 0.25) is 0 Å². The van der Waals surface area contributed by atoms with Gasteiger partial charge in [0, 0.05) is 23.0 Å². The van der Waals surface area contributed by atoms with Crippen molar-refractivity contribution in [3.8, 4) is 6.07 Å². The van der Waals surface area contributed by atoms with Gasteiger partial charge in [0.05, 0.1) is 21.3 Å². The molecule has 0 radical (unpaired) electrons. The van der Waals surface area contributed by atoms with Crippen LogP contribution < -0.4 is 10.9 Å². The van der Waals surface area contributed by atoms with Gasteiger partial charge in [0.1, 0.15) is 10.9 Å². The molecule has 1 aliphatic rings. The Morgan fingerprint density at radius 3 is 2.55 bits per heavy atom. The number of pyridine rings is 1. The molecule has 150 valence electrons. The summed E-state index contributed by atoms with van der Waals surface area (Å²) in [7, 11) is -2.79. The van der Waals surface area contributed by atoms with Crippen LogP contribution >= 0.6 is 0 Å². The summed E-state index contributed by atoms with van der Waals surface area (Å²) in [4.78, 5) is 15.7. The summed E-state index contributed by atoms with van der Waals surface area (Å²) in [5.41, 5.74) is 0.243. The zero-order valence-electron chi connectivity index (χ0n) is 16.1. The number of fused-ring (bicyclic) bond motifs is 1. The topological polar surface area (TPSA) is 127 Å². The lowest BCUT2D eigenvalue weighted by Crippen LogP contribution is -2.35. The smallest absolute Gasteiger partial charge is 0.261 e. The molecule has 1 aromatic carbocycles. The van der Waals surface area contributed by atoms with Gasteiger partial charge in [-0.3, -0.25) is 4.79 Å². The molecular weight excluding hydrogens is 388 g/mol. The first kappa shape index (κ1) is 19.2. The van der Waals surface area contributed by atoms with Gasteiger partial charge in [-0.2, -0.15) is 10.4 Å². The fraction of sp³-hybridized carbons (Fsp3) is 0.350. The Labute approximate surface area is 168 Å². The molecular formula is C20H22N6O2S. The monoisotopic (exact) mass is 410 g/mol. The Bertz CT molecular complexity index is 1260. The van der Waals surface area contributed by atoms with Crippen molar-refractivity contribution in [2.24, 2.45) is 0 Å². The number of nitrogens with one attached hydrogen (secondary N) is 3. The van der Waals surface area contributed by atoms with Crippen LogP contribution in [0, 0.1) is 16.1 Å². The Morgan fingerprint density at radius 2 is 1.93 bits per heavy atom. The van der Waals surface area contributed by atoms with Gasteiger partial charge in [-0.1, -0.05) is 6.42 Å². The second-order valence-corrected chi connectivity index (χ2v) is 9.68. The average molecular weight is 411 g/mol. The predicted octanol–water partition coefficient (Wildman–Crippen LogP) is 3.69. The van der Waals surface area contributed by atoms with E-state index in [1.165, 1.54) is 6.26 Å². The van der Waals surface area contributed by atoms with E-state index in [-0.39, 0.29) is 5.56 Å². The number of aromatic amines is 1. The molecule has 4 rings (SSSR count). The SMILES string of the molecule is CS(=N)(=O)c1ccc(Nc2nn(C3(C#N)CCCCC3)c3cc[nH]c(=O)c23)cc1. The molecule has 3 aromatic rings. The van der Waals surface area contributed by atoms with Gasteiger partial charge in [-0.05, 0) is 56.0 Å². The molecule has 1 atom stereocenters. The lowest BCUT2D eigenvalue weighted by Gasteiger charge is -2.31. The third-order valence-electron chi connectivity index (χ3n) is 5.46. The number of benzene rings is 1. The van der Waals surface area contributed by atoms with Crippen molar-refractivity contribution in [1.29, 1.82) is 10.0 Å². The molecule has 1 saturated carbocycles. The zero-order chi connectivity index (χ0) is 20.6. The minimum absolute atomic E-state index is 0.278. The molecule has 2 heterocycles. The Morgan fingerprint density at radius 1 is 1.24 bits per heavy atom. The highest BCUT2D eigenvalue weighted by Gasteiger charge is 2.37. The summed E-state index contributed by atoms with van der Waals surface area (Å²) < 4.78 is 21.3. The summed E-state index contributed by atoms with van der Waals surface area (Å²) in [6, 6.07) is 10.9. The maximum Gasteiger partial charge on any atom is 0.261 e. The van der Waals surface area contributed by atoms with E-state index in [2.05, 4.69) is 21.5 Å². The molecule has 1 fully saturated rings. The van der Waals surface area contributed by atoms with Crippen LogP contribution in [0.3, 0.4) is 0 Å². The number of nitrogens with zero attached hydrogens (tertiary/aromatic N) is 3. The Kier molecular flexibility index (Phi) is 4.67. The van der Waals surface area contributed by atoms with Crippen molar-refractivity contribution >= 4 is 32.1 Å². The summed E-state index contributed by atoms with van der Waals surface area (Å²) in [6.07, 6.45) is 7.34. The van der Waals surface area contributed by atoms with E-state index in [9.17, 15) is 14.3 Å². The molecule has 0 aliphatic heterocycles. The molecule has 3 N–H and O–H groups in total. The lowest BCUT2D eigenvalue weighted by atomic mass is 9.83. The third kappa shape index (κ3) is 3.40. The number of rotatable bonds is 4. The fourth-order valence-electron chi connectivity index (χ4n) is 3.93.